The van der Waals surface area contributed by atoms with Crippen LogP contribution in [0.1, 0.15) is 0 Å². The van der Waals surface area contributed by atoms with Crippen LogP contribution >= 0.6 is 45.2 Å². The lowest BCUT2D eigenvalue weighted by Crippen LogP contribution is -2.55. The van der Waals surface area contributed by atoms with Gasteiger partial charge < -0.3 is 18.0 Å². The molecular weight excluding hydrogens is 466 g/mol. The molecule has 0 saturated carbocycles. The zero-order valence-electron chi connectivity index (χ0n) is 10.0. The van der Waals surface area contributed by atoms with Crippen LogP contribution in [0.15, 0.2) is 12.1 Å². The molecule has 4 nitrogen and oxygen atoms in total. The van der Waals surface area contributed by atoms with E-state index in [4.69, 9.17) is 18.0 Å². The molecule has 0 bridgehead atoms. The molecule has 1 aromatic carbocycles. The van der Waals surface area contributed by atoms with E-state index in [0.717, 1.165) is 18.1 Å². The predicted molar refractivity (Wildman–Crippen MR) is 84.8 cm³/mol. The number of hydrogen-bond donors (Lipinski definition) is 0. The normalized spacial score (nSPS) is 11.6. The van der Waals surface area contributed by atoms with E-state index in [-0.39, 0.29) is 0 Å². The van der Waals surface area contributed by atoms with Crippen LogP contribution in [0.25, 0.3) is 0 Å². The van der Waals surface area contributed by atoms with E-state index < -0.39 is 8.80 Å². The Morgan fingerprint density at radius 2 is 1.47 bits per heavy atom. The molecule has 0 amide bonds. The van der Waals surface area contributed by atoms with Crippen molar-refractivity contribution >= 4 is 59.2 Å². The Morgan fingerprint density at radius 3 is 1.88 bits per heavy atom. The molecular formula is C10H14I2O4Si. The van der Waals surface area contributed by atoms with Gasteiger partial charge in [-0.25, -0.2) is 0 Å². The maximum atomic E-state index is 5.48. The van der Waals surface area contributed by atoms with E-state index in [0.29, 0.717) is 0 Å². The fourth-order valence-corrected chi connectivity index (χ4v) is 6.20. The van der Waals surface area contributed by atoms with E-state index in [1.807, 2.05) is 12.1 Å². The molecule has 96 valence electrons. The average molecular weight is 480 g/mol. The SMILES string of the molecule is COc1c(I)cc(I)cc1[Si](OC)(OC)OC. The highest BCUT2D eigenvalue weighted by Crippen LogP contribution is 2.25. The molecule has 7 heteroatoms. The molecule has 17 heavy (non-hydrogen) atoms. The van der Waals surface area contributed by atoms with Gasteiger partial charge in [-0.15, -0.1) is 0 Å². The third-order valence-corrected chi connectivity index (χ3v) is 6.42. The highest BCUT2D eigenvalue weighted by Gasteiger charge is 2.44. The van der Waals surface area contributed by atoms with Crippen LogP contribution in [0.4, 0.5) is 0 Å². The number of rotatable bonds is 5. The fourth-order valence-electron chi connectivity index (χ4n) is 1.58. The minimum Gasteiger partial charge on any atom is -0.495 e. The number of hydrogen-bond acceptors (Lipinski definition) is 4. The van der Waals surface area contributed by atoms with E-state index in [1.165, 1.54) is 0 Å². The highest BCUT2D eigenvalue weighted by molar-refractivity contribution is 14.1. The lowest BCUT2D eigenvalue weighted by Gasteiger charge is -2.26. The summed E-state index contributed by atoms with van der Waals surface area (Å²) in [4.78, 5) is 0. The molecule has 0 radical (unpaired) electrons. The quantitative estimate of drug-likeness (QED) is 0.478. The molecule has 1 rings (SSSR count). The molecule has 0 fully saturated rings. The first kappa shape index (κ1) is 15.6. The summed E-state index contributed by atoms with van der Waals surface area (Å²) in [6.45, 7) is 0. The van der Waals surface area contributed by atoms with Crippen molar-refractivity contribution < 1.29 is 18.0 Å². The third kappa shape index (κ3) is 3.12. The predicted octanol–water partition coefficient (Wildman–Crippen LogP) is 1.99. The van der Waals surface area contributed by atoms with Crippen LogP contribution in [-0.4, -0.2) is 37.2 Å². The Bertz CT molecular complexity index is 388. The van der Waals surface area contributed by atoms with E-state index in [9.17, 15) is 0 Å². The molecule has 0 atom stereocenters. The van der Waals surface area contributed by atoms with Gasteiger partial charge in [0, 0.05) is 24.9 Å². The van der Waals surface area contributed by atoms with E-state index in [2.05, 4.69) is 45.2 Å². The second kappa shape index (κ2) is 6.66. The number of halogens is 2. The highest BCUT2D eigenvalue weighted by atomic mass is 127. The molecule has 0 aromatic heterocycles. The summed E-state index contributed by atoms with van der Waals surface area (Å²) in [6.07, 6.45) is 0. The van der Waals surface area contributed by atoms with Crippen LogP contribution in [0, 0.1) is 7.14 Å². The summed E-state index contributed by atoms with van der Waals surface area (Å²) in [5.41, 5.74) is 0. The van der Waals surface area contributed by atoms with Crippen molar-refractivity contribution in [1.82, 2.24) is 0 Å². The molecule has 0 aliphatic rings. The number of ether oxygens (including phenoxy) is 1. The van der Waals surface area contributed by atoms with Crippen molar-refractivity contribution in [2.24, 2.45) is 0 Å². The van der Waals surface area contributed by atoms with E-state index >= 15 is 0 Å². The average Bonchev–Trinajstić information content (AvgIpc) is 2.31. The summed E-state index contributed by atoms with van der Waals surface area (Å²) in [5.74, 6) is 0.753. The summed E-state index contributed by atoms with van der Waals surface area (Å²) in [7, 11) is 3.54. The molecule has 0 saturated heterocycles. The van der Waals surface area contributed by atoms with Gasteiger partial charge in [0.15, 0.2) is 0 Å². The smallest absolute Gasteiger partial charge is 0.495 e. The maximum absolute atomic E-state index is 5.48. The van der Waals surface area contributed by atoms with Gasteiger partial charge in [-0.05, 0) is 57.3 Å². The summed E-state index contributed by atoms with van der Waals surface area (Å²) >= 11 is 4.47. The van der Waals surface area contributed by atoms with Gasteiger partial charge in [0.2, 0.25) is 0 Å². The zero-order valence-corrected chi connectivity index (χ0v) is 15.4. The molecule has 0 N–H and O–H groups in total. The minimum absolute atomic E-state index is 0.753. The first-order valence-electron chi connectivity index (χ1n) is 4.73. The van der Waals surface area contributed by atoms with Gasteiger partial charge in [-0.1, -0.05) is 0 Å². The van der Waals surface area contributed by atoms with Crippen LogP contribution in [0.5, 0.6) is 5.75 Å². The number of benzene rings is 1. The lowest BCUT2D eigenvalue weighted by atomic mass is 10.3. The number of methoxy groups -OCH3 is 1. The summed E-state index contributed by atoms with van der Waals surface area (Å²) in [5, 5.41) is 0.851. The van der Waals surface area contributed by atoms with Gasteiger partial charge >= 0.3 is 8.80 Å². The second-order valence-electron chi connectivity index (χ2n) is 3.14. The molecule has 0 aliphatic carbocycles. The maximum Gasteiger partial charge on any atom is 0.540 e. The van der Waals surface area contributed by atoms with Gasteiger partial charge in [0.05, 0.1) is 15.9 Å². The molecule has 0 heterocycles. The first-order chi connectivity index (χ1) is 8.04. The molecule has 0 spiro atoms. The topological polar surface area (TPSA) is 36.9 Å². The van der Waals surface area contributed by atoms with Gasteiger partial charge in [-0.2, -0.15) is 0 Å². The van der Waals surface area contributed by atoms with Crippen LogP contribution < -0.4 is 9.92 Å². The zero-order chi connectivity index (χ0) is 13.1. The molecule has 0 aliphatic heterocycles. The largest absolute Gasteiger partial charge is 0.540 e. The third-order valence-electron chi connectivity index (χ3n) is 2.35. The standard InChI is InChI=1S/C10H14I2O4Si/c1-13-10-8(12)5-7(11)6-9(10)17(14-2,15-3)16-4/h5-6H,1-4H3. The van der Waals surface area contributed by atoms with Crippen LogP contribution in [0.3, 0.4) is 0 Å². The van der Waals surface area contributed by atoms with Crippen LogP contribution in [0.2, 0.25) is 0 Å². The van der Waals surface area contributed by atoms with Crippen LogP contribution in [-0.2, 0) is 13.3 Å². The second-order valence-corrected chi connectivity index (χ2v) is 8.42. The van der Waals surface area contributed by atoms with Gasteiger partial charge in [-0.3, -0.25) is 0 Å². The van der Waals surface area contributed by atoms with Crippen molar-refractivity contribution in [3.8, 4) is 5.75 Å². The Balaban J connectivity index is 3.46. The van der Waals surface area contributed by atoms with Gasteiger partial charge in [0.1, 0.15) is 5.75 Å². The Morgan fingerprint density at radius 1 is 0.941 bits per heavy atom. The summed E-state index contributed by atoms with van der Waals surface area (Å²) in [6, 6.07) is 4.01. The lowest BCUT2D eigenvalue weighted by molar-refractivity contribution is 0.139. The Hall–Kier alpha value is 0.577. The molecule has 1 aromatic rings. The van der Waals surface area contributed by atoms with Crippen molar-refractivity contribution in [2.75, 3.05) is 28.4 Å². The molecule has 0 unspecified atom stereocenters. The first-order valence-corrected chi connectivity index (χ1v) is 8.61. The minimum atomic E-state index is -2.86. The fraction of sp³-hybridized carbons (Fsp3) is 0.400. The summed E-state index contributed by atoms with van der Waals surface area (Å²) < 4.78 is 24.0. The Kier molecular flexibility index (Phi) is 6.12. The van der Waals surface area contributed by atoms with Crippen molar-refractivity contribution in [2.45, 2.75) is 0 Å². The van der Waals surface area contributed by atoms with Gasteiger partial charge in [0.25, 0.3) is 0 Å². The van der Waals surface area contributed by atoms with E-state index in [1.54, 1.807) is 28.4 Å². The van der Waals surface area contributed by atoms with Crippen molar-refractivity contribution in [1.29, 1.82) is 0 Å². The Labute approximate surface area is 130 Å². The van der Waals surface area contributed by atoms with Crippen molar-refractivity contribution in [3.05, 3.63) is 19.3 Å². The monoisotopic (exact) mass is 480 g/mol. The van der Waals surface area contributed by atoms with Crippen molar-refractivity contribution in [3.63, 3.8) is 0 Å².